The van der Waals surface area contributed by atoms with Crippen LogP contribution in [0.4, 0.5) is 0 Å². The van der Waals surface area contributed by atoms with Crippen molar-refractivity contribution in [1.29, 1.82) is 0 Å². The van der Waals surface area contributed by atoms with E-state index >= 15 is 0 Å². The Morgan fingerprint density at radius 2 is 1.93 bits per heavy atom. The molecule has 0 aliphatic carbocycles. The Hall–Kier alpha value is -3.12. The van der Waals surface area contributed by atoms with Gasteiger partial charge >= 0.3 is 0 Å². The minimum Gasteiger partial charge on any atom is -0.377 e. The molecule has 0 bridgehead atoms. The maximum Gasteiger partial charge on any atom is 0.257 e. The second kappa shape index (κ2) is 5.69. The topological polar surface area (TPSA) is 62.8 Å². The molecular formula is C21H20N4O2. The van der Waals surface area contributed by atoms with Crippen molar-refractivity contribution in [3.05, 3.63) is 59.8 Å². The van der Waals surface area contributed by atoms with Gasteiger partial charge in [-0.05, 0) is 18.1 Å². The molecule has 1 aliphatic rings. The number of likely N-dealkylation sites (N-methyl/N-ethyl adjacent to an activating group) is 1. The molecule has 2 aromatic carbocycles. The zero-order valence-electron chi connectivity index (χ0n) is 15.3. The fourth-order valence-corrected chi connectivity index (χ4v) is 4.08. The van der Waals surface area contributed by atoms with Gasteiger partial charge in [0.25, 0.3) is 5.91 Å². The molecule has 27 heavy (non-hydrogen) atoms. The summed E-state index contributed by atoms with van der Waals surface area (Å²) in [6.07, 6.45) is -0.307. The number of amides is 1. The number of carbonyl (C=O) groups is 1. The summed E-state index contributed by atoms with van der Waals surface area (Å²) in [5.74, 6) is 0.414. The van der Waals surface area contributed by atoms with Gasteiger partial charge in [0.15, 0.2) is 6.10 Å². The van der Waals surface area contributed by atoms with Crippen LogP contribution in [0, 0.1) is 0 Å². The first-order chi connectivity index (χ1) is 13.1. The largest absolute Gasteiger partial charge is 0.377 e. The van der Waals surface area contributed by atoms with E-state index in [2.05, 4.69) is 10.6 Å². The van der Waals surface area contributed by atoms with Gasteiger partial charge in [0.2, 0.25) is 5.78 Å². The minimum atomic E-state index is -1.28. The summed E-state index contributed by atoms with van der Waals surface area (Å²) >= 11 is 0. The average molecular weight is 360 g/mol. The quantitative estimate of drug-likeness (QED) is 0.611. The van der Waals surface area contributed by atoms with E-state index in [4.69, 9.17) is 4.98 Å². The van der Waals surface area contributed by atoms with E-state index < -0.39 is 6.10 Å². The number of aliphatic hydroxyl groups excluding tert-OH is 1. The molecule has 1 atom stereocenters. The van der Waals surface area contributed by atoms with Gasteiger partial charge in [0.05, 0.1) is 22.4 Å². The molecule has 1 amide bonds. The molecule has 4 aromatic rings. The number of aryl methyl sites for hydroxylation is 2. The molecule has 2 aromatic heterocycles. The number of hydrogen-bond acceptors (Lipinski definition) is 3. The molecular weight excluding hydrogens is 340 g/mol. The predicted molar refractivity (Wildman–Crippen MR) is 103 cm³/mol. The summed E-state index contributed by atoms with van der Waals surface area (Å²) in [4.78, 5) is 18.9. The van der Waals surface area contributed by atoms with Crippen LogP contribution in [-0.4, -0.2) is 44.0 Å². The van der Waals surface area contributed by atoms with Crippen molar-refractivity contribution in [3.63, 3.8) is 0 Å². The molecule has 0 radical (unpaired) electrons. The van der Waals surface area contributed by atoms with Crippen molar-refractivity contribution < 1.29 is 9.90 Å². The Labute approximate surface area is 156 Å². The van der Waals surface area contributed by atoms with Crippen LogP contribution in [0.2, 0.25) is 0 Å². The number of aliphatic hydroxyl groups is 1. The second-order valence-electron chi connectivity index (χ2n) is 7.17. The molecule has 6 nitrogen and oxygen atoms in total. The molecule has 0 saturated heterocycles. The van der Waals surface area contributed by atoms with Gasteiger partial charge in [-0.3, -0.25) is 9.20 Å². The zero-order chi connectivity index (χ0) is 18.7. The van der Waals surface area contributed by atoms with E-state index in [1.807, 2.05) is 46.9 Å². The Kier molecular flexibility index (Phi) is 3.39. The lowest BCUT2D eigenvalue weighted by molar-refractivity contribution is -0.138. The Bertz CT molecular complexity index is 1190. The molecule has 136 valence electrons. The van der Waals surface area contributed by atoms with E-state index in [0.29, 0.717) is 11.4 Å². The van der Waals surface area contributed by atoms with Gasteiger partial charge in [0, 0.05) is 26.2 Å². The van der Waals surface area contributed by atoms with Crippen LogP contribution in [0.5, 0.6) is 0 Å². The molecule has 1 N–H and O–H groups in total. The molecule has 5 rings (SSSR count). The monoisotopic (exact) mass is 360 g/mol. The Morgan fingerprint density at radius 1 is 1.15 bits per heavy atom. The highest BCUT2D eigenvalue weighted by Crippen LogP contribution is 2.36. The van der Waals surface area contributed by atoms with Crippen LogP contribution in [-0.2, 0) is 17.8 Å². The summed E-state index contributed by atoms with van der Waals surface area (Å²) in [6.45, 7) is 0.856. The lowest BCUT2D eigenvalue weighted by Crippen LogP contribution is -2.29. The molecule has 0 fully saturated rings. The predicted octanol–water partition coefficient (Wildman–Crippen LogP) is 2.63. The molecule has 3 heterocycles. The summed E-state index contributed by atoms with van der Waals surface area (Å²) < 4.78 is 4.14. The van der Waals surface area contributed by atoms with Gasteiger partial charge in [-0.15, -0.1) is 0 Å². The van der Waals surface area contributed by atoms with Crippen LogP contribution in [0.25, 0.3) is 28.1 Å². The second-order valence-corrected chi connectivity index (χ2v) is 7.17. The highest BCUT2D eigenvalue weighted by Gasteiger charge is 2.31. The Balaban J connectivity index is 1.89. The van der Waals surface area contributed by atoms with Crippen molar-refractivity contribution >= 4 is 22.7 Å². The standard InChI is InChI=1S/C21H20N4O2/c1-23(2)20(27)19(26)18-16(13-7-4-3-5-8-13)22-21-24-12-11-14-9-6-10-15(17(14)24)25(18)21/h3-10,19,26H,11-12H2,1-2H3. The molecule has 0 spiro atoms. The van der Waals surface area contributed by atoms with E-state index in [1.165, 1.54) is 10.5 Å². The van der Waals surface area contributed by atoms with E-state index in [9.17, 15) is 9.90 Å². The highest BCUT2D eigenvalue weighted by molar-refractivity contribution is 5.90. The average Bonchev–Trinajstić information content (AvgIpc) is 3.36. The Morgan fingerprint density at radius 3 is 2.67 bits per heavy atom. The third-order valence-electron chi connectivity index (χ3n) is 5.33. The van der Waals surface area contributed by atoms with Gasteiger partial charge in [0.1, 0.15) is 0 Å². The van der Waals surface area contributed by atoms with Crippen LogP contribution in [0.3, 0.4) is 0 Å². The first-order valence-corrected chi connectivity index (χ1v) is 9.05. The van der Waals surface area contributed by atoms with Crippen LogP contribution >= 0.6 is 0 Å². The number of imidazole rings is 2. The molecule has 0 saturated carbocycles. The fourth-order valence-electron chi connectivity index (χ4n) is 4.08. The van der Waals surface area contributed by atoms with Crippen molar-refractivity contribution in [2.45, 2.75) is 19.1 Å². The lowest BCUT2D eigenvalue weighted by Gasteiger charge is -2.17. The minimum absolute atomic E-state index is 0.358. The number of aromatic nitrogens is 3. The van der Waals surface area contributed by atoms with Crippen molar-refractivity contribution in [1.82, 2.24) is 18.9 Å². The third kappa shape index (κ3) is 2.16. The number of nitrogens with zero attached hydrogens (tertiary/aromatic N) is 4. The summed E-state index contributed by atoms with van der Waals surface area (Å²) in [5, 5.41) is 11.0. The summed E-state index contributed by atoms with van der Waals surface area (Å²) in [6, 6.07) is 15.9. The third-order valence-corrected chi connectivity index (χ3v) is 5.33. The number of para-hydroxylation sites is 1. The lowest BCUT2D eigenvalue weighted by atomic mass is 10.1. The summed E-state index contributed by atoms with van der Waals surface area (Å²) in [7, 11) is 3.30. The first-order valence-electron chi connectivity index (χ1n) is 9.05. The van der Waals surface area contributed by atoms with Gasteiger partial charge in [-0.2, -0.15) is 0 Å². The normalized spacial score (nSPS) is 14.2. The zero-order valence-corrected chi connectivity index (χ0v) is 15.3. The van der Waals surface area contributed by atoms with Gasteiger partial charge in [-0.25, -0.2) is 4.98 Å². The smallest absolute Gasteiger partial charge is 0.257 e. The number of fused-ring (bicyclic) bond motifs is 3. The molecule has 6 heteroatoms. The van der Waals surface area contributed by atoms with Crippen LogP contribution in [0.15, 0.2) is 48.5 Å². The molecule has 1 unspecified atom stereocenters. The molecule has 1 aliphatic heterocycles. The maximum atomic E-state index is 12.6. The van der Waals surface area contributed by atoms with E-state index in [1.54, 1.807) is 14.1 Å². The van der Waals surface area contributed by atoms with Crippen molar-refractivity contribution in [2.24, 2.45) is 0 Å². The van der Waals surface area contributed by atoms with Crippen molar-refractivity contribution in [2.75, 3.05) is 14.1 Å². The number of rotatable bonds is 3. The number of benzene rings is 2. The highest BCUT2D eigenvalue weighted by atomic mass is 16.3. The van der Waals surface area contributed by atoms with Crippen LogP contribution in [0.1, 0.15) is 17.4 Å². The van der Waals surface area contributed by atoms with E-state index in [-0.39, 0.29) is 5.91 Å². The number of carbonyl (C=O) groups excluding carboxylic acids is 1. The fraction of sp³-hybridized carbons (Fsp3) is 0.238. The number of hydrogen-bond donors (Lipinski definition) is 1. The van der Waals surface area contributed by atoms with Crippen LogP contribution < -0.4 is 0 Å². The SMILES string of the molecule is CN(C)C(=O)C(O)c1c(-c2ccccc2)nc2n3c4c(cccc4n12)CC3. The van der Waals surface area contributed by atoms with E-state index in [0.717, 1.165) is 35.3 Å². The van der Waals surface area contributed by atoms with Gasteiger partial charge in [-0.1, -0.05) is 42.5 Å². The summed E-state index contributed by atoms with van der Waals surface area (Å²) in [5.41, 5.74) is 5.46. The van der Waals surface area contributed by atoms with Gasteiger partial charge < -0.3 is 14.6 Å². The first kappa shape index (κ1) is 16.1. The van der Waals surface area contributed by atoms with Crippen molar-refractivity contribution in [3.8, 4) is 11.3 Å². The maximum absolute atomic E-state index is 12.6.